The number of methoxy groups -OCH3 is 1. The summed E-state index contributed by atoms with van der Waals surface area (Å²) in [7, 11) is 3.77. The SMILES string of the molecule is COc1ccc(OC[C@@H](C)NC(=O)CC2CCN(C)CC2)cc1. The zero-order valence-electron chi connectivity index (χ0n) is 14.4. The lowest BCUT2D eigenvalue weighted by molar-refractivity contribution is -0.123. The molecule has 5 nitrogen and oxygen atoms in total. The number of piperidine rings is 1. The Morgan fingerprint density at radius 2 is 1.87 bits per heavy atom. The van der Waals surface area contributed by atoms with E-state index in [0.717, 1.165) is 37.4 Å². The van der Waals surface area contributed by atoms with Gasteiger partial charge in [0.2, 0.25) is 5.91 Å². The molecular weight excluding hydrogens is 292 g/mol. The quantitative estimate of drug-likeness (QED) is 0.837. The van der Waals surface area contributed by atoms with Crippen LogP contribution >= 0.6 is 0 Å². The standard InChI is InChI=1S/C18H28N2O3/c1-14(13-23-17-6-4-16(22-3)5-7-17)19-18(21)12-15-8-10-20(2)11-9-15/h4-7,14-15H,8-13H2,1-3H3,(H,19,21)/t14-/m1/s1. The topological polar surface area (TPSA) is 50.8 Å². The summed E-state index contributed by atoms with van der Waals surface area (Å²) < 4.78 is 10.8. The Balaban J connectivity index is 1.67. The summed E-state index contributed by atoms with van der Waals surface area (Å²) in [6.45, 7) is 4.61. The van der Waals surface area contributed by atoms with Crippen LogP contribution in [-0.2, 0) is 4.79 Å². The van der Waals surface area contributed by atoms with E-state index in [1.807, 2.05) is 31.2 Å². The van der Waals surface area contributed by atoms with E-state index in [1.165, 1.54) is 0 Å². The first-order chi connectivity index (χ1) is 11.1. The molecule has 128 valence electrons. The molecule has 0 saturated carbocycles. The second-order valence-corrected chi connectivity index (χ2v) is 6.41. The highest BCUT2D eigenvalue weighted by molar-refractivity contribution is 5.76. The second-order valence-electron chi connectivity index (χ2n) is 6.41. The van der Waals surface area contributed by atoms with E-state index in [9.17, 15) is 4.79 Å². The number of benzene rings is 1. The van der Waals surface area contributed by atoms with Crippen molar-refractivity contribution >= 4 is 5.91 Å². The van der Waals surface area contributed by atoms with Crippen LogP contribution in [0, 0.1) is 5.92 Å². The van der Waals surface area contributed by atoms with Gasteiger partial charge in [0.05, 0.1) is 13.2 Å². The Kier molecular flexibility index (Phi) is 6.71. The van der Waals surface area contributed by atoms with Crippen LogP contribution in [0.3, 0.4) is 0 Å². The number of nitrogens with one attached hydrogen (secondary N) is 1. The summed E-state index contributed by atoms with van der Waals surface area (Å²) in [5, 5.41) is 3.03. The molecule has 0 aromatic heterocycles. The third-order valence-corrected chi connectivity index (χ3v) is 4.28. The van der Waals surface area contributed by atoms with E-state index < -0.39 is 0 Å². The summed E-state index contributed by atoms with van der Waals surface area (Å²) >= 11 is 0. The third-order valence-electron chi connectivity index (χ3n) is 4.28. The molecule has 0 unspecified atom stereocenters. The van der Waals surface area contributed by atoms with E-state index >= 15 is 0 Å². The summed E-state index contributed by atoms with van der Waals surface area (Å²) in [5.41, 5.74) is 0. The van der Waals surface area contributed by atoms with E-state index in [4.69, 9.17) is 9.47 Å². The minimum atomic E-state index is -0.00383. The predicted molar refractivity (Wildman–Crippen MR) is 90.9 cm³/mol. The number of hydrogen-bond donors (Lipinski definition) is 1. The lowest BCUT2D eigenvalue weighted by Gasteiger charge is -2.28. The van der Waals surface area contributed by atoms with Gasteiger partial charge in [-0.1, -0.05) is 0 Å². The molecule has 5 heteroatoms. The summed E-state index contributed by atoms with van der Waals surface area (Å²) in [5.74, 6) is 2.23. The van der Waals surface area contributed by atoms with Crippen molar-refractivity contribution in [2.24, 2.45) is 5.92 Å². The molecule has 1 heterocycles. The molecule has 2 rings (SSSR count). The smallest absolute Gasteiger partial charge is 0.220 e. The molecule has 1 fully saturated rings. The monoisotopic (exact) mass is 320 g/mol. The van der Waals surface area contributed by atoms with Gasteiger partial charge in [-0.05, 0) is 70.1 Å². The first-order valence-electron chi connectivity index (χ1n) is 8.31. The molecule has 1 aromatic rings. The molecule has 1 aliphatic heterocycles. The highest BCUT2D eigenvalue weighted by atomic mass is 16.5. The third kappa shape index (κ3) is 6.10. The summed E-state index contributed by atoms with van der Waals surface area (Å²) in [4.78, 5) is 14.4. The minimum absolute atomic E-state index is 0.00383. The Morgan fingerprint density at radius 1 is 1.26 bits per heavy atom. The van der Waals surface area contributed by atoms with Crippen LogP contribution < -0.4 is 14.8 Å². The molecule has 1 N–H and O–H groups in total. The number of hydrogen-bond acceptors (Lipinski definition) is 4. The largest absolute Gasteiger partial charge is 0.497 e. The first kappa shape index (κ1) is 17.6. The number of carbonyl (C=O) groups excluding carboxylic acids is 1. The van der Waals surface area contributed by atoms with Gasteiger partial charge in [0.1, 0.15) is 18.1 Å². The van der Waals surface area contributed by atoms with E-state index in [2.05, 4.69) is 17.3 Å². The van der Waals surface area contributed by atoms with Gasteiger partial charge in [-0.3, -0.25) is 4.79 Å². The maximum absolute atomic E-state index is 12.1. The molecule has 23 heavy (non-hydrogen) atoms. The number of nitrogens with zero attached hydrogens (tertiary/aromatic N) is 1. The zero-order valence-corrected chi connectivity index (χ0v) is 14.4. The van der Waals surface area contributed by atoms with Crippen LogP contribution in [-0.4, -0.2) is 50.7 Å². The van der Waals surface area contributed by atoms with Crippen LogP contribution in [0.4, 0.5) is 0 Å². The van der Waals surface area contributed by atoms with Crippen molar-refractivity contribution in [3.63, 3.8) is 0 Å². The number of likely N-dealkylation sites (tertiary alicyclic amines) is 1. The summed E-state index contributed by atoms with van der Waals surface area (Å²) in [6.07, 6.45) is 2.85. The lowest BCUT2D eigenvalue weighted by atomic mass is 9.93. The molecular formula is C18H28N2O3. The Bertz CT molecular complexity index is 482. The number of carbonyl (C=O) groups is 1. The molecule has 0 aliphatic carbocycles. The van der Waals surface area contributed by atoms with Crippen molar-refractivity contribution < 1.29 is 14.3 Å². The molecule has 1 aliphatic rings. The van der Waals surface area contributed by atoms with Crippen LogP contribution in [0.2, 0.25) is 0 Å². The molecule has 1 atom stereocenters. The Hall–Kier alpha value is -1.75. The average Bonchev–Trinajstić information content (AvgIpc) is 2.55. The molecule has 1 saturated heterocycles. The Labute approximate surface area is 139 Å². The van der Waals surface area contributed by atoms with Gasteiger partial charge in [0, 0.05) is 6.42 Å². The maximum atomic E-state index is 12.1. The van der Waals surface area contributed by atoms with Crippen LogP contribution in [0.15, 0.2) is 24.3 Å². The van der Waals surface area contributed by atoms with Crippen molar-refractivity contribution in [3.8, 4) is 11.5 Å². The highest BCUT2D eigenvalue weighted by Crippen LogP contribution is 2.19. The van der Waals surface area contributed by atoms with Gasteiger partial charge < -0.3 is 19.7 Å². The number of rotatable bonds is 7. The predicted octanol–water partition coefficient (Wildman–Crippen LogP) is 2.31. The van der Waals surface area contributed by atoms with E-state index in [0.29, 0.717) is 18.9 Å². The normalized spacial score (nSPS) is 17.5. The lowest BCUT2D eigenvalue weighted by Crippen LogP contribution is -2.39. The molecule has 0 spiro atoms. The average molecular weight is 320 g/mol. The van der Waals surface area contributed by atoms with Gasteiger partial charge in [-0.25, -0.2) is 0 Å². The fourth-order valence-electron chi connectivity index (χ4n) is 2.80. The van der Waals surface area contributed by atoms with Gasteiger partial charge >= 0.3 is 0 Å². The van der Waals surface area contributed by atoms with Crippen molar-refractivity contribution in [3.05, 3.63) is 24.3 Å². The number of amides is 1. The van der Waals surface area contributed by atoms with Gasteiger partial charge in [0.15, 0.2) is 0 Å². The molecule has 1 aromatic carbocycles. The molecule has 0 bridgehead atoms. The van der Waals surface area contributed by atoms with E-state index in [1.54, 1.807) is 7.11 Å². The van der Waals surface area contributed by atoms with Gasteiger partial charge in [0.25, 0.3) is 0 Å². The molecule has 1 amide bonds. The summed E-state index contributed by atoms with van der Waals surface area (Å²) in [6, 6.07) is 7.45. The van der Waals surface area contributed by atoms with E-state index in [-0.39, 0.29) is 11.9 Å². The second kappa shape index (κ2) is 8.77. The van der Waals surface area contributed by atoms with Crippen molar-refractivity contribution in [2.45, 2.75) is 32.2 Å². The Morgan fingerprint density at radius 3 is 2.48 bits per heavy atom. The van der Waals surface area contributed by atoms with Gasteiger partial charge in [-0.2, -0.15) is 0 Å². The van der Waals surface area contributed by atoms with Crippen molar-refractivity contribution in [1.82, 2.24) is 10.2 Å². The van der Waals surface area contributed by atoms with Crippen LogP contribution in [0.5, 0.6) is 11.5 Å². The highest BCUT2D eigenvalue weighted by Gasteiger charge is 2.20. The minimum Gasteiger partial charge on any atom is -0.497 e. The van der Waals surface area contributed by atoms with Crippen molar-refractivity contribution in [1.29, 1.82) is 0 Å². The maximum Gasteiger partial charge on any atom is 0.220 e. The fourth-order valence-corrected chi connectivity index (χ4v) is 2.80. The first-order valence-corrected chi connectivity index (χ1v) is 8.31. The van der Waals surface area contributed by atoms with Gasteiger partial charge in [-0.15, -0.1) is 0 Å². The number of ether oxygens (including phenoxy) is 2. The van der Waals surface area contributed by atoms with Crippen molar-refractivity contribution in [2.75, 3.05) is 33.9 Å². The van der Waals surface area contributed by atoms with Crippen LogP contribution in [0.1, 0.15) is 26.2 Å². The molecule has 0 radical (unpaired) electrons. The fraction of sp³-hybridized carbons (Fsp3) is 0.611. The van der Waals surface area contributed by atoms with Crippen LogP contribution in [0.25, 0.3) is 0 Å². The zero-order chi connectivity index (χ0) is 16.7.